The highest BCUT2D eigenvalue weighted by Gasteiger charge is 2.21. The molecule has 13 nitrogen and oxygen atoms in total. The van der Waals surface area contributed by atoms with Gasteiger partial charge < -0.3 is 5.32 Å². The van der Waals surface area contributed by atoms with Crippen molar-refractivity contribution >= 4 is 40.5 Å². The Balaban J connectivity index is 1.33. The predicted molar refractivity (Wildman–Crippen MR) is 172 cm³/mol. The van der Waals surface area contributed by atoms with Crippen molar-refractivity contribution in [2.24, 2.45) is 5.92 Å². The molecule has 1 atom stereocenters. The fourth-order valence-electron chi connectivity index (χ4n) is 5.12. The predicted octanol–water partition coefficient (Wildman–Crippen LogP) is 5.09. The number of rotatable bonds is 4. The number of nitrogens with one attached hydrogen (secondary N) is 1. The number of amides is 1. The van der Waals surface area contributed by atoms with Crippen LogP contribution in [0.25, 0.3) is 39.6 Å². The number of allylic oxidation sites excluding steroid dienone is 1. The normalized spacial score (nSPS) is 16.0. The number of nitrogens with zero attached hydrogens (tertiary/aromatic N) is 10. The van der Waals surface area contributed by atoms with E-state index in [4.69, 9.17) is 28.3 Å². The van der Waals surface area contributed by atoms with Crippen LogP contribution in [0.4, 0.5) is 5.69 Å². The Labute approximate surface area is 271 Å². The van der Waals surface area contributed by atoms with Crippen LogP contribution in [0, 0.1) is 5.92 Å². The third-order valence-corrected chi connectivity index (χ3v) is 7.89. The Morgan fingerprint density at radius 3 is 2.59 bits per heavy atom. The summed E-state index contributed by atoms with van der Waals surface area (Å²) >= 11 is 12.3. The van der Waals surface area contributed by atoms with Crippen LogP contribution in [0.3, 0.4) is 0 Å². The van der Waals surface area contributed by atoms with Gasteiger partial charge in [0.15, 0.2) is 5.15 Å². The van der Waals surface area contributed by atoms with Crippen LogP contribution in [0.15, 0.2) is 90.9 Å². The van der Waals surface area contributed by atoms with Crippen molar-refractivity contribution in [2.45, 2.75) is 19.8 Å². The summed E-state index contributed by atoms with van der Waals surface area (Å²) in [6.07, 6.45) is 14.0. The van der Waals surface area contributed by atoms with Gasteiger partial charge in [0.1, 0.15) is 24.0 Å². The maximum Gasteiger partial charge on any atom is 0.258 e. The molecule has 5 aromatic heterocycles. The SMILES string of the molecule is C[C@@H]1CC/C=C(/n2cnc(-c3cc(Cl)ccc3-n3cc(Cl)nn3)cc2=O)c2cc(ccn2)-c2nn(-c3cncnc3)cc2NC1=O. The smallest absolute Gasteiger partial charge is 0.258 e. The van der Waals surface area contributed by atoms with Crippen LogP contribution in [0.1, 0.15) is 25.5 Å². The van der Waals surface area contributed by atoms with E-state index in [2.05, 4.69) is 35.6 Å². The highest BCUT2D eigenvalue weighted by Crippen LogP contribution is 2.32. The first kappa shape index (κ1) is 29.2. The molecule has 1 amide bonds. The van der Waals surface area contributed by atoms with Crippen LogP contribution < -0.4 is 10.9 Å². The van der Waals surface area contributed by atoms with E-state index >= 15 is 0 Å². The van der Waals surface area contributed by atoms with Gasteiger partial charge in [0.05, 0.1) is 53.2 Å². The molecule has 1 aromatic carbocycles. The van der Waals surface area contributed by atoms with Crippen molar-refractivity contribution in [3.05, 3.63) is 112 Å². The molecule has 7 rings (SSSR count). The molecule has 46 heavy (non-hydrogen) atoms. The molecule has 0 radical (unpaired) electrons. The van der Waals surface area contributed by atoms with E-state index in [0.717, 1.165) is 0 Å². The highest BCUT2D eigenvalue weighted by atomic mass is 35.5. The Hall–Kier alpha value is -5.53. The van der Waals surface area contributed by atoms with Crippen molar-refractivity contribution < 1.29 is 4.79 Å². The summed E-state index contributed by atoms with van der Waals surface area (Å²) in [6, 6.07) is 10.2. The number of hydrogen-bond donors (Lipinski definition) is 1. The number of fused-ring (bicyclic) bond motifs is 4. The second-order valence-corrected chi connectivity index (χ2v) is 11.4. The van der Waals surface area contributed by atoms with Crippen LogP contribution in [0.5, 0.6) is 0 Å². The van der Waals surface area contributed by atoms with E-state index in [1.165, 1.54) is 28.0 Å². The summed E-state index contributed by atoms with van der Waals surface area (Å²) in [6.45, 7) is 1.86. The Kier molecular flexibility index (Phi) is 7.68. The minimum absolute atomic E-state index is 0.149. The van der Waals surface area contributed by atoms with Gasteiger partial charge >= 0.3 is 0 Å². The second kappa shape index (κ2) is 12.1. The van der Waals surface area contributed by atoms with Crippen LogP contribution >= 0.6 is 23.2 Å². The molecule has 6 aromatic rings. The lowest BCUT2D eigenvalue weighted by atomic mass is 10.0. The maximum absolute atomic E-state index is 13.8. The lowest BCUT2D eigenvalue weighted by Crippen LogP contribution is -2.22. The van der Waals surface area contributed by atoms with Crippen molar-refractivity contribution in [1.29, 1.82) is 0 Å². The second-order valence-electron chi connectivity index (χ2n) is 10.5. The zero-order valence-electron chi connectivity index (χ0n) is 24.1. The minimum atomic E-state index is -0.349. The molecule has 2 bridgehead atoms. The zero-order chi connectivity index (χ0) is 31.8. The number of pyridine rings is 1. The van der Waals surface area contributed by atoms with Crippen LogP contribution in [-0.4, -0.2) is 55.2 Å². The average molecular weight is 653 g/mol. The average Bonchev–Trinajstić information content (AvgIpc) is 3.69. The summed E-state index contributed by atoms with van der Waals surface area (Å²) in [5.41, 5.74) is 4.60. The lowest BCUT2D eigenvalue weighted by molar-refractivity contribution is -0.119. The molecule has 228 valence electrons. The molecule has 0 unspecified atom stereocenters. The number of carbonyl (C=O) groups is 1. The van der Waals surface area contributed by atoms with E-state index in [1.54, 1.807) is 59.9 Å². The molecule has 1 aliphatic rings. The van der Waals surface area contributed by atoms with Crippen LogP contribution in [0.2, 0.25) is 10.2 Å². The number of anilines is 1. The minimum Gasteiger partial charge on any atom is -0.323 e. The molecular formula is C31H23Cl2N11O2. The molecule has 0 aliphatic carbocycles. The lowest BCUT2D eigenvalue weighted by Gasteiger charge is -2.16. The van der Waals surface area contributed by atoms with E-state index in [0.29, 0.717) is 68.8 Å². The number of aromatic nitrogens is 10. The fourth-order valence-corrected chi connectivity index (χ4v) is 5.42. The fraction of sp³-hybridized carbons (Fsp3) is 0.129. The topological polar surface area (TPSA) is 151 Å². The Bertz CT molecular complexity index is 2190. The first-order valence-electron chi connectivity index (χ1n) is 14.1. The molecule has 1 N–H and O–H groups in total. The van der Waals surface area contributed by atoms with Crippen LogP contribution in [-0.2, 0) is 4.79 Å². The summed E-state index contributed by atoms with van der Waals surface area (Å²) < 4.78 is 4.53. The van der Waals surface area contributed by atoms with Gasteiger partial charge in [0, 0.05) is 34.3 Å². The third kappa shape index (κ3) is 5.69. The summed E-state index contributed by atoms with van der Waals surface area (Å²) in [7, 11) is 0. The summed E-state index contributed by atoms with van der Waals surface area (Å²) in [5, 5.41) is 16.3. The van der Waals surface area contributed by atoms with Crippen molar-refractivity contribution in [1.82, 2.24) is 49.3 Å². The zero-order valence-corrected chi connectivity index (χ0v) is 25.6. The molecular weight excluding hydrogens is 629 g/mol. The highest BCUT2D eigenvalue weighted by molar-refractivity contribution is 6.31. The van der Waals surface area contributed by atoms with E-state index < -0.39 is 0 Å². The molecule has 0 saturated heterocycles. The molecule has 0 saturated carbocycles. The standard InChI is InChI=1S/C31H23Cl2N11O2/c1-18-3-2-4-27(42-17-37-23(11-29(42)45)22-10-20(32)5-6-26(22)44-15-28(33)39-41-44)24-9-19(7-8-36-24)30-25(38-31(18)46)14-43(40-30)21-12-34-16-35-13-21/h4-18H,2-3H2,1H3,(H,38,46)/b27-4+/t18-/m1/s1. The van der Waals surface area contributed by atoms with Gasteiger partial charge in [0.2, 0.25) is 5.91 Å². The first-order valence-corrected chi connectivity index (χ1v) is 14.9. The van der Waals surface area contributed by atoms with E-state index in [9.17, 15) is 9.59 Å². The van der Waals surface area contributed by atoms with Crippen molar-refractivity contribution in [3.63, 3.8) is 0 Å². The van der Waals surface area contributed by atoms with Gasteiger partial charge in [-0.05, 0) is 43.2 Å². The quantitative estimate of drug-likeness (QED) is 0.275. The van der Waals surface area contributed by atoms with Gasteiger partial charge in [-0.1, -0.05) is 41.4 Å². The Morgan fingerprint density at radius 2 is 1.80 bits per heavy atom. The van der Waals surface area contributed by atoms with Gasteiger partial charge in [-0.25, -0.2) is 24.3 Å². The maximum atomic E-state index is 13.8. The van der Waals surface area contributed by atoms with Crippen molar-refractivity contribution in [3.8, 4) is 33.9 Å². The molecule has 1 aliphatic heterocycles. The Morgan fingerprint density at radius 1 is 0.957 bits per heavy atom. The van der Waals surface area contributed by atoms with Gasteiger partial charge in [-0.15, -0.1) is 5.10 Å². The number of hydrogen-bond acceptors (Lipinski definition) is 9. The molecule has 15 heteroatoms. The number of halogens is 2. The van der Waals surface area contributed by atoms with Crippen molar-refractivity contribution in [2.75, 3.05) is 5.32 Å². The summed E-state index contributed by atoms with van der Waals surface area (Å²) in [4.78, 5) is 44.4. The first-order chi connectivity index (χ1) is 22.3. The summed E-state index contributed by atoms with van der Waals surface area (Å²) in [5.74, 6) is -0.479. The largest absolute Gasteiger partial charge is 0.323 e. The number of benzene rings is 1. The molecule has 6 heterocycles. The van der Waals surface area contributed by atoms with Gasteiger partial charge in [0.25, 0.3) is 5.56 Å². The number of carbonyl (C=O) groups excluding carboxylic acids is 1. The van der Waals surface area contributed by atoms with E-state index in [1.807, 2.05) is 19.1 Å². The third-order valence-electron chi connectivity index (χ3n) is 7.48. The monoisotopic (exact) mass is 651 g/mol. The van der Waals surface area contributed by atoms with E-state index in [-0.39, 0.29) is 22.5 Å². The van der Waals surface area contributed by atoms with Gasteiger partial charge in [-0.2, -0.15) is 5.10 Å². The van der Waals surface area contributed by atoms with Gasteiger partial charge in [-0.3, -0.25) is 19.1 Å². The molecule has 0 fully saturated rings. The molecule has 0 spiro atoms.